The van der Waals surface area contributed by atoms with Gasteiger partial charge in [-0.1, -0.05) is 0 Å². The quantitative estimate of drug-likeness (QED) is 0.833. The number of hydrogen-bond acceptors (Lipinski definition) is 3. The average molecular weight is 265 g/mol. The van der Waals surface area contributed by atoms with Gasteiger partial charge in [0.15, 0.2) is 0 Å². The van der Waals surface area contributed by atoms with Gasteiger partial charge in [0.25, 0.3) is 0 Å². The summed E-state index contributed by atoms with van der Waals surface area (Å²) >= 11 is 0. The molecule has 108 valence electrons. The Balaban J connectivity index is 1.56. The van der Waals surface area contributed by atoms with Crippen molar-refractivity contribution < 1.29 is 4.79 Å². The van der Waals surface area contributed by atoms with Crippen LogP contribution in [0.25, 0.3) is 0 Å². The number of rotatable bonds is 3. The summed E-state index contributed by atoms with van der Waals surface area (Å²) in [7, 11) is 2.07. The SMILES string of the molecule is CNC1CC2CCC(C1)N2CC(=O)N1CCCCC1. The molecule has 3 aliphatic rings. The smallest absolute Gasteiger partial charge is 0.236 e. The van der Waals surface area contributed by atoms with E-state index in [4.69, 9.17) is 0 Å². The first-order valence-electron chi connectivity index (χ1n) is 7.98. The third-order valence-corrected chi connectivity index (χ3v) is 5.32. The minimum Gasteiger partial charge on any atom is -0.342 e. The zero-order chi connectivity index (χ0) is 13.2. The predicted molar refractivity (Wildman–Crippen MR) is 76.0 cm³/mol. The summed E-state index contributed by atoms with van der Waals surface area (Å²) in [5.41, 5.74) is 0. The molecule has 19 heavy (non-hydrogen) atoms. The van der Waals surface area contributed by atoms with Gasteiger partial charge in [-0.25, -0.2) is 0 Å². The molecule has 0 aliphatic carbocycles. The van der Waals surface area contributed by atoms with Gasteiger partial charge in [0.2, 0.25) is 5.91 Å². The zero-order valence-electron chi connectivity index (χ0n) is 12.1. The van der Waals surface area contributed by atoms with E-state index in [1.54, 1.807) is 0 Å². The molecular formula is C15H27N3O. The van der Waals surface area contributed by atoms with Gasteiger partial charge in [-0.05, 0) is 52.0 Å². The number of piperidine rings is 2. The second kappa shape index (κ2) is 5.80. The Labute approximate surface area is 116 Å². The Morgan fingerprint density at radius 1 is 1.11 bits per heavy atom. The van der Waals surface area contributed by atoms with Crippen LogP contribution in [-0.2, 0) is 4.79 Å². The maximum atomic E-state index is 12.4. The number of carbonyl (C=O) groups is 1. The lowest BCUT2D eigenvalue weighted by Crippen LogP contribution is -2.52. The summed E-state index contributed by atoms with van der Waals surface area (Å²) in [6.07, 6.45) is 8.70. The molecule has 3 heterocycles. The first-order chi connectivity index (χ1) is 9.28. The largest absolute Gasteiger partial charge is 0.342 e. The van der Waals surface area contributed by atoms with E-state index in [1.807, 2.05) is 0 Å². The molecule has 0 aromatic rings. The minimum absolute atomic E-state index is 0.375. The zero-order valence-corrected chi connectivity index (χ0v) is 12.1. The number of hydrogen-bond donors (Lipinski definition) is 1. The fraction of sp³-hybridized carbons (Fsp3) is 0.933. The normalized spacial score (nSPS) is 35.6. The second-order valence-corrected chi connectivity index (χ2v) is 6.46. The summed E-state index contributed by atoms with van der Waals surface area (Å²) in [5, 5.41) is 3.42. The predicted octanol–water partition coefficient (Wildman–Crippen LogP) is 1.21. The summed E-state index contributed by atoms with van der Waals surface area (Å²) in [4.78, 5) is 17.0. The molecule has 2 atom stereocenters. The van der Waals surface area contributed by atoms with E-state index in [2.05, 4.69) is 22.2 Å². The minimum atomic E-state index is 0.375. The first-order valence-corrected chi connectivity index (χ1v) is 7.98. The van der Waals surface area contributed by atoms with E-state index in [0.717, 1.165) is 13.1 Å². The Hall–Kier alpha value is -0.610. The third kappa shape index (κ3) is 2.79. The molecule has 3 saturated heterocycles. The number of carbonyl (C=O) groups excluding carboxylic acids is 1. The van der Waals surface area contributed by atoms with E-state index in [9.17, 15) is 4.79 Å². The van der Waals surface area contributed by atoms with E-state index < -0.39 is 0 Å². The Morgan fingerprint density at radius 2 is 1.74 bits per heavy atom. The monoisotopic (exact) mass is 265 g/mol. The third-order valence-electron chi connectivity index (χ3n) is 5.32. The maximum absolute atomic E-state index is 12.4. The van der Waals surface area contributed by atoms with Crippen LogP contribution >= 0.6 is 0 Å². The Kier molecular flexibility index (Phi) is 4.08. The van der Waals surface area contributed by atoms with Crippen LogP contribution in [0.4, 0.5) is 0 Å². The number of amides is 1. The van der Waals surface area contributed by atoms with Crippen molar-refractivity contribution in [3.8, 4) is 0 Å². The van der Waals surface area contributed by atoms with Gasteiger partial charge in [-0.2, -0.15) is 0 Å². The van der Waals surface area contributed by atoms with E-state index in [-0.39, 0.29) is 0 Å². The van der Waals surface area contributed by atoms with Crippen LogP contribution in [0.15, 0.2) is 0 Å². The molecule has 3 aliphatic heterocycles. The number of nitrogens with zero attached hydrogens (tertiary/aromatic N) is 2. The van der Waals surface area contributed by atoms with Crippen molar-refractivity contribution in [2.75, 3.05) is 26.7 Å². The molecule has 0 aromatic heterocycles. The lowest BCUT2D eigenvalue weighted by molar-refractivity contribution is -0.134. The van der Waals surface area contributed by atoms with E-state index >= 15 is 0 Å². The van der Waals surface area contributed by atoms with Crippen molar-refractivity contribution >= 4 is 5.91 Å². The van der Waals surface area contributed by atoms with Gasteiger partial charge in [0.1, 0.15) is 0 Å². The van der Waals surface area contributed by atoms with Gasteiger partial charge < -0.3 is 10.2 Å². The average Bonchev–Trinajstić information content (AvgIpc) is 2.70. The fourth-order valence-electron chi connectivity index (χ4n) is 4.17. The molecule has 1 amide bonds. The van der Waals surface area contributed by atoms with E-state index in [0.29, 0.717) is 30.6 Å². The van der Waals surface area contributed by atoms with Crippen LogP contribution < -0.4 is 5.32 Å². The summed E-state index contributed by atoms with van der Waals surface area (Å²) in [6, 6.07) is 1.95. The van der Waals surface area contributed by atoms with Crippen LogP contribution in [0.5, 0.6) is 0 Å². The maximum Gasteiger partial charge on any atom is 0.236 e. The highest BCUT2D eigenvalue weighted by atomic mass is 16.2. The van der Waals surface area contributed by atoms with Crippen LogP contribution in [-0.4, -0.2) is 60.5 Å². The van der Waals surface area contributed by atoms with Crippen molar-refractivity contribution in [2.24, 2.45) is 0 Å². The highest BCUT2D eigenvalue weighted by Gasteiger charge is 2.41. The summed E-state index contributed by atoms with van der Waals surface area (Å²) in [5.74, 6) is 0.375. The molecule has 0 radical (unpaired) electrons. The molecule has 4 heteroatoms. The lowest BCUT2D eigenvalue weighted by Gasteiger charge is -2.39. The standard InChI is InChI=1S/C15H27N3O/c1-16-12-9-13-5-6-14(10-12)18(13)11-15(19)17-7-3-2-4-8-17/h12-14,16H,2-11H2,1H3. The molecule has 0 aromatic carbocycles. The molecule has 4 nitrogen and oxygen atoms in total. The Bertz CT molecular complexity index is 313. The van der Waals surface area contributed by atoms with Gasteiger partial charge in [-0.3, -0.25) is 9.69 Å². The summed E-state index contributed by atoms with van der Waals surface area (Å²) in [6.45, 7) is 2.65. The molecule has 0 spiro atoms. The van der Waals surface area contributed by atoms with Crippen LogP contribution in [0.1, 0.15) is 44.9 Å². The number of nitrogens with one attached hydrogen (secondary N) is 1. The molecule has 2 bridgehead atoms. The van der Waals surface area contributed by atoms with Crippen molar-refractivity contribution in [3.05, 3.63) is 0 Å². The van der Waals surface area contributed by atoms with Crippen LogP contribution in [0.3, 0.4) is 0 Å². The number of likely N-dealkylation sites (tertiary alicyclic amines) is 1. The molecule has 1 N–H and O–H groups in total. The highest BCUT2D eigenvalue weighted by Crippen LogP contribution is 2.35. The van der Waals surface area contributed by atoms with Gasteiger partial charge in [0, 0.05) is 31.2 Å². The fourth-order valence-corrected chi connectivity index (χ4v) is 4.17. The molecule has 0 saturated carbocycles. The topological polar surface area (TPSA) is 35.6 Å². The molecular weight excluding hydrogens is 238 g/mol. The molecule has 3 rings (SSSR count). The second-order valence-electron chi connectivity index (χ2n) is 6.46. The van der Waals surface area contributed by atoms with Gasteiger partial charge in [0.05, 0.1) is 6.54 Å². The van der Waals surface area contributed by atoms with Crippen molar-refractivity contribution in [2.45, 2.75) is 63.1 Å². The Morgan fingerprint density at radius 3 is 2.32 bits per heavy atom. The summed E-state index contributed by atoms with van der Waals surface area (Å²) < 4.78 is 0. The molecule has 3 fully saturated rings. The van der Waals surface area contributed by atoms with Crippen molar-refractivity contribution in [1.82, 2.24) is 15.1 Å². The van der Waals surface area contributed by atoms with Crippen LogP contribution in [0.2, 0.25) is 0 Å². The van der Waals surface area contributed by atoms with Crippen molar-refractivity contribution in [3.63, 3.8) is 0 Å². The van der Waals surface area contributed by atoms with Crippen LogP contribution in [0, 0.1) is 0 Å². The molecule has 2 unspecified atom stereocenters. The van der Waals surface area contributed by atoms with Crippen molar-refractivity contribution in [1.29, 1.82) is 0 Å². The lowest BCUT2D eigenvalue weighted by atomic mass is 9.97. The number of fused-ring (bicyclic) bond motifs is 2. The van der Waals surface area contributed by atoms with Gasteiger partial charge in [-0.15, -0.1) is 0 Å². The van der Waals surface area contributed by atoms with Gasteiger partial charge >= 0.3 is 0 Å². The first kappa shape index (κ1) is 13.4. The van der Waals surface area contributed by atoms with E-state index in [1.165, 1.54) is 44.9 Å². The highest BCUT2D eigenvalue weighted by molar-refractivity contribution is 5.78.